The van der Waals surface area contributed by atoms with E-state index in [-0.39, 0.29) is 46.8 Å². The zero-order valence-electron chi connectivity index (χ0n) is 22.2. The van der Waals surface area contributed by atoms with Gasteiger partial charge in [0.2, 0.25) is 0 Å². The number of nitrogens with one attached hydrogen (secondary N) is 2. The highest BCUT2D eigenvalue weighted by molar-refractivity contribution is 6.31. The number of rotatable bonds is 5. The molecule has 0 unspecified atom stereocenters. The number of amides is 1. The van der Waals surface area contributed by atoms with Crippen LogP contribution in [0.25, 0.3) is 33.2 Å². The molecule has 2 aromatic heterocycles. The van der Waals surface area contributed by atoms with Crippen LogP contribution in [0.5, 0.6) is 0 Å². The SMILES string of the molecule is Cn1ncc(-c2ccc3c(=O)[nH]nc(CNC(=O)OC(C)(C)C)c3c2)c1-c1c(F)c(Cl)cc(C2(F)CC2)c1C#N. The Bertz CT molecular complexity index is 1780. The molecule has 0 saturated heterocycles. The maximum Gasteiger partial charge on any atom is 0.407 e. The van der Waals surface area contributed by atoms with Crippen molar-refractivity contribution in [3.05, 3.63) is 68.5 Å². The van der Waals surface area contributed by atoms with Crippen LogP contribution in [-0.2, 0) is 24.0 Å². The van der Waals surface area contributed by atoms with Crippen molar-refractivity contribution >= 4 is 28.5 Å². The van der Waals surface area contributed by atoms with Crippen molar-refractivity contribution in [2.45, 2.75) is 51.4 Å². The number of alkyl carbamates (subject to hydrolysis) is 1. The molecule has 4 aromatic rings. The van der Waals surface area contributed by atoms with Crippen LogP contribution in [-0.4, -0.2) is 31.7 Å². The van der Waals surface area contributed by atoms with Gasteiger partial charge in [0.05, 0.1) is 45.7 Å². The number of nitrogens with zero attached hydrogens (tertiary/aromatic N) is 4. The molecule has 1 saturated carbocycles. The maximum atomic E-state index is 15.6. The number of benzene rings is 2. The minimum absolute atomic E-state index is 0.0466. The zero-order valence-corrected chi connectivity index (χ0v) is 22.9. The van der Waals surface area contributed by atoms with Gasteiger partial charge in [0, 0.05) is 23.6 Å². The number of ether oxygens (including phenoxy) is 1. The lowest BCUT2D eigenvalue weighted by molar-refractivity contribution is 0.0523. The van der Waals surface area contributed by atoms with Crippen LogP contribution in [0.15, 0.2) is 35.3 Å². The second-order valence-corrected chi connectivity index (χ2v) is 11.1. The van der Waals surface area contributed by atoms with Crippen LogP contribution < -0.4 is 10.9 Å². The van der Waals surface area contributed by atoms with Crippen molar-refractivity contribution in [1.29, 1.82) is 5.26 Å². The molecule has 40 heavy (non-hydrogen) atoms. The number of alkyl halides is 1. The summed E-state index contributed by atoms with van der Waals surface area (Å²) in [6.07, 6.45) is 1.26. The van der Waals surface area contributed by atoms with Gasteiger partial charge >= 0.3 is 6.09 Å². The Morgan fingerprint density at radius 1 is 1.30 bits per heavy atom. The monoisotopic (exact) mass is 566 g/mol. The molecule has 206 valence electrons. The van der Waals surface area contributed by atoms with E-state index in [0.29, 0.717) is 27.6 Å². The molecule has 1 aliphatic carbocycles. The number of H-pyrrole nitrogens is 1. The number of carbonyl (C=O) groups is 1. The number of nitriles is 1. The van der Waals surface area contributed by atoms with Crippen LogP contribution in [0, 0.1) is 17.1 Å². The fourth-order valence-corrected chi connectivity index (χ4v) is 4.84. The van der Waals surface area contributed by atoms with Crippen LogP contribution >= 0.6 is 11.6 Å². The van der Waals surface area contributed by atoms with Gasteiger partial charge < -0.3 is 10.1 Å². The fourth-order valence-electron chi connectivity index (χ4n) is 4.63. The molecule has 1 aliphatic rings. The first-order chi connectivity index (χ1) is 18.8. The normalized spacial score (nSPS) is 14.2. The molecule has 2 N–H and O–H groups in total. The Kier molecular flexibility index (Phi) is 6.62. The van der Waals surface area contributed by atoms with Crippen molar-refractivity contribution in [3.63, 3.8) is 0 Å². The highest BCUT2D eigenvalue weighted by Gasteiger charge is 2.48. The quantitative estimate of drug-likeness (QED) is 0.322. The lowest BCUT2D eigenvalue weighted by Gasteiger charge is -2.19. The number of carbonyl (C=O) groups excluding carboxylic acids is 1. The molecule has 12 heteroatoms. The summed E-state index contributed by atoms with van der Waals surface area (Å²) < 4.78 is 37.4. The molecule has 0 atom stereocenters. The van der Waals surface area contributed by atoms with E-state index in [1.165, 1.54) is 16.9 Å². The number of hydrogen-bond acceptors (Lipinski definition) is 6. The van der Waals surface area contributed by atoms with E-state index >= 15 is 8.78 Å². The largest absolute Gasteiger partial charge is 0.444 e. The summed E-state index contributed by atoms with van der Waals surface area (Å²) in [6, 6.07) is 8.04. The number of halogens is 3. The molecular weight excluding hydrogens is 542 g/mol. The second kappa shape index (κ2) is 9.71. The molecule has 1 fully saturated rings. The molecular formula is C28H25ClF2N6O3. The van der Waals surface area contributed by atoms with Gasteiger partial charge in [-0.15, -0.1) is 0 Å². The first-order valence-corrected chi connectivity index (χ1v) is 12.8. The van der Waals surface area contributed by atoms with Gasteiger partial charge in [0.25, 0.3) is 5.56 Å². The number of fused-ring (bicyclic) bond motifs is 1. The lowest BCUT2D eigenvalue weighted by atomic mass is 9.91. The average Bonchev–Trinajstić information content (AvgIpc) is 3.53. The summed E-state index contributed by atoms with van der Waals surface area (Å²) in [5.41, 5.74) is -1.61. The molecule has 2 heterocycles. The van der Waals surface area contributed by atoms with E-state index < -0.39 is 28.7 Å². The fraction of sp³-hybridized carbons (Fsp3) is 0.321. The predicted octanol–water partition coefficient (Wildman–Crippen LogP) is 5.64. The number of hydrogen-bond donors (Lipinski definition) is 2. The number of aromatic amines is 1. The predicted molar refractivity (Wildman–Crippen MR) is 145 cm³/mol. The van der Waals surface area contributed by atoms with Gasteiger partial charge in [0.15, 0.2) is 5.82 Å². The third kappa shape index (κ3) is 4.91. The van der Waals surface area contributed by atoms with Crippen LogP contribution in [0.2, 0.25) is 5.02 Å². The summed E-state index contributed by atoms with van der Waals surface area (Å²) in [7, 11) is 1.58. The standard InChI is InChI=1S/C28H25ClF2N6O3/c1-27(2,3)40-26(39)33-13-21-16-9-14(5-6-15(16)25(38)36-35-21)18-12-34-37(4)24(18)22-17(11-32)19(28(31)7-8-28)10-20(29)23(22)30/h5-6,9-10,12H,7-8,13H2,1-4H3,(H,33,39)(H,36,38). The van der Waals surface area contributed by atoms with E-state index in [0.717, 1.165) is 0 Å². The number of aromatic nitrogens is 4. The van der Waals surface area contributed by atoms with E-state index in [4.69, 9.17) is 16.3 Å². The van der Waals surface area contributed by atoms with E-state index in [1.807, 2.05) is 6.07 Å². The van der Waals surface area contributed by atoms with Crippen molar-refractivity contribution in [2.24, 2.45) is 7.05 Å². The second-order valence-electron chi connectivity index (χ2n) is 10.7. The summed E-state index contributed by atoms with van der Waals surface area (Å²) in [5, 5.41) is 23.9. The summed E-state index contributed by atoms with van der Waals surface area (Å²) >= 11 is 6.19. The molecule has 1 amide bonds. The first kappa shape index (κ1) is 27.3. The van der Waals surface area contributed by atoms with Crippen LogP contribution in [0.1, 0.15) is 50.4 Å². The van der Waals surface area contributed by atoms with Gasteiger partial charge in [0.1, 0.15) is 17.3 Å². The van der Waals surface area contributed by atoms with Crippen molar-refractivity contribution in [1.82, 2.24) is 25.3 Å². The highest BCUT2D eigenvalue weighted by atomic mass is 35.5. The topological polar surface area (TPSA) is 126 Å². The van der Waals surface area contributed by atoms with E-state index in [1.54, 1.807) is 46.0 Å². The summed E-state index contributed by atoms with van der Waals surface area (Å²) in [4.78, 5) is 24.7. The molecule has 0 spiro atoms. The average molecular weight is 567 g/mol. The third-order valence-electron chi connectivity index (χ3n) is 6.66. The molecule has 9 nitrogen and oxygen atoms in total. The molecule has 0 radical (unpaired) electrons. The van der Waals surface area contributed by atoms with Gasteiger partial charge in [-0.3, -0.25) is 9.48 Å². The van der Waals surface area contributed by atoms with Gasteiger partial charge in [-0.1, -0.05) is 17.7 Å². The summed E-state index contributed by atoms with van der Waals surface area (Å²) in [6.45, 7) is 5.16. The molecule has 5 rings (SSSR count). The minimum atomic E-state index is -1.73. The Hall–Kier alpha value is -4.30. The summed E-state index contributed by atoms with van der Waals surface area (Å²) in [5.74, 6) is -0.864. The van der Waals surface area contributed by atoms with E-state index in [2.05, 4.69) is 20.6 Å². The molecule has 0 aliphatic heterocycles. The van der Waals surface area contributed by atoms with E-state index in [9.17, 15) is 14.9 Å². The minimum Gasteiger partial charge on any atom is -0.444 e. The third-order valence-corrected chi connectivity index (χ3v) is 6.93. The van der Waals surface area contributed by atoms with Crippen molar-refractivity contribution in [3.8, 4) is 28.5 Å². The Morgan fingerprint density at radius 3 is 2.67 bits per heavy atom. The molecule has 2 aromatic carbocycles. The van der Waals surface area contributed by atoms with Crippen LogP contribution in [0.3, 0.4) is 0 Å². The van der Waals surface area contributed by atoms with Gasteiger partial charge in [-0.05, 0) is 57.4 Å². The highest BCUT2D eigenvalue weighted by Crippen LogP contribution is 2.53. The van der Waals surface area contributed by atoms with Gasteiger partial charge in [-0.2, -0.15) is 15.5 Å². The number of aryl methyl sites for hydroxylation is 1. The smallest absolute Gasteiger partial charge is 0.407 e. The van der Waals surface area contributed by atoms with Crippen molar-refractivity contribution in [2.75, 3.05) is 0 Å². The first-order valence-electron chi connectivity index (χ1n) is 12.5. The van der Waals surface area contributed by atoms with Crippen molar-refractivity contribution < 1.29 is 18.3 Å². The Balaban J connectivity index is 1.64. The zero-order chi connectivity index (χ0) is 29.0. The molecule has 0 bridgehead atoms. The Morgan fingerprint density at radius 2 is 2.02 bits per heavy atom. The Labute approximate surface area is 232 Å². The maximum absolute atomic E-state index is 15.6. The van der Waals surface area contributed by atoms with Gasteiger partial charge in [-0.25, -0.2) is 18.7 Å². The van der Waals surface area contributed by atoms with Crippen LogP contribution in [0.4, 0.5) is 13.6 Å². The lowest BCUT2D eigenvalue weighted by Crippen LogP contribution is -2.32.